The molecule has 0 aromatic rings. The molecule has 0 aliphatic heterocycles. The van der Waals surface area contributed by atoms with E-state index in [-0.39, 0.29) is 124 Å². The predicted octanol–water partition coefficient (Wildman–Crippen LogP) is -12.1. The van der Waals surface area contributed by atoms with Gasteiger partial charge in [0.15, 0.2) is 0 Å². The summed E-state index contributed by atoms with van der Waals surface area (Å²) < 4.78 is 50.9. The van der Waals surface area contributed by atoms with Crippen molar-refractivity contribution in [3.05, 3.63) is 0 Å². The van der Waals surface area contributed by atoms with E-state index in [0.717, 1.165) is 0 Å². The molecule has 21 heavy (non-hydrogen) atoms. The van der Waals surface area contributed by atoms with Crippen molar-refractivity contribution in [2.75, 3.05) is 0 Å². The molecule has 0 rings (SSSR count). The van der Waals surface area contributed by atoms with Crippen molar-refractivity contribution in [1.82, 2.24) is 0 Å². The van der Waals surface area contributed by atoms with Crippen molar-refractivity contribution in [1.29, 1.82) is 0 Å². The molecule has 0 fully saturated rings. The van der Waals surface area contributed by atoms with Crippen LogP contribution in [0, 0.1) is 0 Å². The van der Waals surface area contributed by atoms with Crippen LogP contribution >= 0.6 is 31.3 Å². The third-order valence-electron chi connectivity index (χ3n) is 0.625. The summed E-state index contributed by atoms with van der Waals surface area (Å²) in [6.45, 7) is 0. The van der Waals surface area contributed by atoms with Gasteiger partial charge >= 0.3 is 150 Å². The Bertz CT molecular complexity index is 433. The summed E-state index contributed by atoms with van der Waals surface area (Å²) in [5.41, 5.74) is 0. The molecule has 0 spiro atoms. The first kappa shape index (κ1) is 36.5. The summed E-state index contributed by atoms with van der Waals surface area (Å²) in [6.07, 6.45) is 0. The van der Waals surface area contributed by atoms with Crippen LogP contribution in [-0.4, -0.2) is 29.4 Å². The largest absolute Gasteiger partial charge is 1.00 e. The van der Waals surface area contributed by atoms with Gasteiger partial charge in [0.1, 0.15) is 0 Å². The van der Waals surface area contributed by atoms with E-state index in [1.54, 1.807) is 0 Å². The average Bonchev–Trinajstić information content (AvgIpc) is 1.65. The maximum atomic E-state index is 10.7. The number of rotatable bonds is 6. The van der Waals surface area contributed by atoms with E-state index < -0.39 is 31.3 Å². The molecule has 0 aromatic carbocycles. The van der Waals surface area contributed by atoms with Crippen LogP contribution in [0.15, 0.2) is 0 Å². The van der Waals surface area contributed by atoms with Crippen LogP contribution in [-0.2, 0) is 31.2 Å². The molecule has 0 amide bonds. The molecule has 0 heterocycles. The van der Waals surface area contributed by atoms with Gasteiger partial charge < -0.3 is 35.1 Å². The van der Waals surface area contributed by atoms with Gasteiger partial charge in [-0.15, -0.1) is 0 Å². The van der Waals surface area contributed by atoms with Crippen LogP contribution < -0.4 is 118 Å². The van der Waals surface area contributed by atoms with Crippen molar-refractivity contribution >= 4 is 31.3 Å². The van der Waals surface area contributed by atoms with E-state index in [1.165, 1.54) is 0 Å². The Labute approximate surface area is 212 Å². The van der Waals surface area contributed by atoms with E-state index in [1.807, 2.05) is 0 Å². The minimum Gasteiger partial charge on any atom is -1.00 e. The van der Waals surface area contributed by atoms with Gasteiger partial charge in [0.25, 0.3) is 0 Å². The molecule has 0 aromatic heterocycles. The molecular weight excluding hydrogens is 424 g/mol. The summed E-state index contributed by atoms with van der Waals surface area (Å²) in [7, 11) is -22.6. The van der Waals surface area contributed by atoms with E-state index in [9.17, 15) is 18.3 Å². The smallest absolute Gasteiger partial charge is 1.00 e. The molecule has 0 radical (unpaired) electrons. The molecule has 2 atom stereocenters. The van der Waals surface area contributed by atoms with Gasteiger partial charge in [-0.05, 0) is 0 Å². The van der Waals surface area contributed by atoms with Gasteiger partial charge in [-0.3, -0.25) is 0 Å². The number of phosphoric acid groups is 4. The molecule has 6 N–H and O–H groups in total. The van der Waals surface area contributed by atoms with E-state index >= 15 is 0 Å². The Balaban J connectivity index is -0.0000000457. The topological polar surface area (TPSA) is 217 Å². The zero-order chi connectivity index (χ0) is 14.1. The molecule has 112 valence electrons. The fraction of sp³-hybridized carbons (Fsp3) is 0. The molecule has 0 aliphatic carbocycles. The van der Waals surface area contributed by atoms with Crippen molar-refractivity contribution in [2.24, 2.45) is 0 Å². The molecule has 2 unspecified atom stereocenters. The first-order chi connectivity index (χ1) is 7.12. The Hall–Kier alpha value is 4.56. The first-order valence-corrected chi connectivity index (χ1v) is 9.08. The molecule has 0 saturated carbocycles. The quantitative estimate of drug-likeness (QED) is 0.169. The molecule has 0 aliphatic rings. The zero-order valence-corrected chi connectivity index (χ0v) is 22.9. The van der Waals surface area contributed by atoms with Gasteiger partial charge in [-0.1, -0.05) is 0 Å². The Morgan fingerprint density at radius 3 is 0.857 bits per heavy atom. The van der Waals surface area contributed by atoms with Crippen LogP contribution in [0.4, 0.5) is 0 Å². The summed E-state index contributed by atoms with van der Waals surface area (Å²) in [5.74, 6) is 0. The number of hydrogen-bond acceptors (Lipinski definition) is 7. The molecule has 0 bridgehead atoms. The Morgan fingerprint density at radius 1 is 0.524 bits per heavy atom. The van der Waals surface area contributed by atoms with Crippen LogP contribution in [0.2, 0.25) is 0 Å². The fourth-order valence-electron chi connectivity index (χ4n) is 0.429. The van der Waals surface area contributed by atoms with Gasteiger partial charge in [0.05, 0.1) is 0 Å². The third-order valence-corrected chi connectivity index (χ3v) is 5.63. The third kappa shape index (κ3) is 24.6. The standard InChI is InChI=1S/4Na.H6O13P4.4H/c;;;;1-14(2,3)11-16(7,8)13-17(9,10)12-15(4,5)6;;;;/h;;;;(H,7,8)(H,9,10)(H2,1,2,3)(H2,4,5,6);;;;/q4*+1;;4*-1. The Kier molecular flexibility index (Phi) is 23.8. The van der Waals surface area contributed by atoms with E-state index in [2.05, 4.69) is 12.9 Å². The second-order valence-corrected chi connectivity index (χ2v) is 7.96. The minimum absolute atomic E-state index is 0. The van der Waals surface area contributed by atoms with E-state index in [0.29, 0.717) is 0 Å². The summed E-state index contributed by atoms with van der Waals surface area (Å²) in [6, 6.07) is 0. The van der Waals surface area contributed by atoms with E-state index in [4.69, 9.17) is 29.4 Å². The Morgan fingerprint density at radius 2 is 0.714 bits per heavy atom. The molecule has 0 saturated heterocycles. The second kappa shape index (κ2) is 13.7. The average molecular weight is 434 g/mol. The van der Waals surface area contributed by atoms with Crippen molar-refractivity contribution in [3.63, 3.8) is 0 Å². The maximum absolute atomic E-state index is 10.7. The van der Waals surface area contributed by atoms with Gasteiger partial charge in [0, 0.05) is 0 Å². The SMILES string of the molecule is O=P(O)(O)OP(=O)(O)OP(=O)(O)OP(=O)(O)O.[H-].[H-].[H-].[H-].[Na+].[Na+].[Na+].[Na+]. The second-order valence-electron chi connectivity index (χ2n) is 2.16. The van der Waals surface area contributed by atoms with Crippen LogP contribution in [0.3, 0.4) is 0 Å². The van der Waals surface area contributed by atoms with Crippen molar-refractivity contribution in [3.8, 4) is 0 Å². The van der Waals surface area contributed by atoms with Crippen LogP contribution in [0.25, 0.3) is 0 Å². The number of hydrogen-bond donors (Lipinski definition) is 6. The summed E-state index contributed by atoms with van der Waals surface area (Å²) in [5, 5.41) is 0. The molecule has 21 heteroatoms. The van der Waals surface area contributed by atoms with Crippen LogP contribution in [0.1, 0.15) is 5.71 Å². The predicted molar refractivity (Wildman–Crippen MR) is 51.4 cm³/mol. The monoisotopic (exact) mass is 434 g/mol. The van der Waals surface area contributed by atoms with Crippen LogP contribution in [0.5, 0.6) is 0 Å². The summed E-state index contributed by atoms with van der Waals surface area (Å²) >= 11 is 0. The molecule has 13 nitrogen and oxygen atoms in total. The molecular formula is H10Na4O13P4. The van der Waals surface area contributed by atoms with Gasteiger partial charge in [-0.2, -0.15) is 12.9 Å². The zero-order valence-electron chi connectivity index (χ0n) is 15.3. The first-order valence-electron chi connectivity index (χ1n) is 3.03. The van der Waals surface area contributed by atoms with Gasteiger partial charge in [-0.25, -0.2) is 18.3 Å². The van der Waals surface area contributed by atoms with Gasteiger partial charge in [0.2, 0.25) is 0 Å². The van der Waals surface area contributed by atoms with Crippen molar-refractivity contribution in [2.45, 2.75) is 0 Å². The summed E-state index contributed by atoms with van der Waals surface area (Å²) in [4.78, 5) is 49.4. The minimum atomic E-state index is -5.77. The normalized spacial score (nSPS) is 16.7. The maximum Gasteiger partial charge on any atom is 1.00 e. The van der Waals surface area contributed by atoms with Crippen molar-refractivity contribution < 1.29 is 184 Å². The fourth-order valence-corrected chi connectivity index (χ4v) is 4.40.